The van der Waals surface area contributed by atoms with E-state index in [1.165, 1.54) is 36.9 Å². The average Bonchev–Trinajstić information content (AvgIpc) is 2.59. The lowest BCUT2D eigenvalue weighted by Gasteiger charge is -2.36. The van der Waals surface area contributed by atoms with E-state index in [0.717, 1.165) is 31.1 Å². The molecule has 1 heterocycles. The average molecular weight is 301 g/mol. The molecule has 2 amide bonds. The van der Waals surface area contributed by atoms with Gasteiger partial charge in [-0.25, -0.2) is 4.79 Å². The van der Waals surface area contributed by atoms with Crippen LogP contribution in [0.15, 0.2) is 18.2 Å². The summed E-state index contributed by atoms with van der Waals surface area (Å²) in [6, 6.07) is 6.92. The van der Waals surface area contributed by atoms with Gasteiger partial charge in [-0.3, -0.25) is 9.80 Å². The zero-order chi connectivity index (χ0) is 15.7. The van der Waals surface area contributed by atoms with Gasteiger partial charge in [-0.15, -0.1) is 0 Å². The number of nitrogens with two attached hydrogens (primary N) is 1. The maximum Gasteiger partial charge on any atom is 0.319 e. The first-order valence-corrected chi connectivity index (χ1v) is 8.51. The van der Waals surface area contributed by atoms with E-state index >= 15 is 0 Å². The first kappa shape index (κ1) is 15.3. The fourth-order valence-electron chi connectivity index (χ4n) is 3.68. The van der Waals surface area contributed by atoms with Crippen LogP contribution in [0.5, 0.6) is 0 Å². The number of rotatable bonds is 3. The van der Waals surface area contributed by atoms with Gasteiger partial charge < -0.3 is 5.73 Å². The highest BCUT2D eigenvalue weighted by Gasteiger charge is 2.26. The summed E-state index contributed by atoms with van der Waals surface area (Å²) in [6.07, 6.45) is 6.31. The first-order valence-electron chi connectivity index (χ1n) is 8.51. The van der Waals surface area contributed by atoms with E-state index in [1.807, 2.05) is 19.9 Å². The molecule has 0 atom stereocenters. The molecule has 1 aliphatic carbocycles. The van der Waals surface area contributed by atoms with Crippen LogP contribution < -0.4 is 10.6 Å². The van der Waals surface area contributed by atoms with Crippen LogP contribution in [0.3, 0.4) is 0 Å². The van der Waals surface area contributed by atoms with Crippen LogP contribution >= 0.6 is 0 Å². The minimum atomic E-state index is -0.375. The number of nitrogens with zero attached hydrogens (tertiary/aromatic N) is 2. The quantitative estimate of drug-likeness (QED) is 0.933. The van der Waals surface area contributed by atoms with E-state index in [9.17, 15) is 4.79 Å². The molecule has 0 bridgehead atoms. The van der Waals surface area contributed by atoms with Gasteiger partial charge >= 0.3 is 6.03 Å². The molecular formula is C18H27N3O. The molecule has 2 N–H and O–H groups in total. The van der Waals surface area contributed by atoms with Crippen molar-refractivity contribution in [1.82, 2.24) is 4.90 Å². The van der Waals surface area contributed by atoms with E-state index in [0.29, 0.717) is 0 Å². The second-order valence-corrected chi connectivity index (χ2v) is 6.88. The summed E-state index contributed by atoms with van der Waals surface area (Å²) >= 11 is 0. The molecule has 1 fully saturated rings. The van der Waals surface area contributed by atoms with Gasteiger partial charge in [0.2, 0.25) is 0 Å². The number of benzene rings is 1. The van der Waals surface area contributed by atoms with Gasteiger partial charge in [0.25, 0.3) is 0 Å². The summed E-state index contributed by atoms with van der Waals surface area (Å²) < 4.78 is 0. The molecule has 0 aromatic heterocycles. The third-order valence-electron chi connectivity index (χ3n) is 5.15. The topological polar surface area (TPSA) is 49.6 Å². The van der Waals surface area contributed by atoms with Crippen LogP contribution in [0.4, 0.5) is 10.5 Å². The molecule has 4 heteroatoms. The highest BCUT2D eigenvalue weighted by Crippen LogP contribution is 2.29. The fraction of sp³-hybridized carbons (Fsp3) is 0.611. The largest absolute Gasteiger partial charge is 0.351 e. The predicted molar refractivity (Wildman–Crippen MR) is 90.3 cm³/mol. The molecule has 3 rings (SSSR count). The van der Waals surface area contributed by atoms with Crippen LogP contribution in [-0.4, -0.2) is 36.1 Å². The van der Waals surface area contributed by atoms with Crippen LogP contribution in [0, 0.1) is 0 Å². The number of amides is 2. The molecule has 4 nitrogen and oxygen atoms in total. The van der Waals surface area contributed by atoms with Gasteiger partial charge in [0.1, 0.15) is 0 Å². The SMILES string of the molecule is CC(C)N(C(N)=O)c1ccc2c(c1)CCN(C1CCC1)CC2. The summed E-state index contributed by atoms with van der Waals surface area (Å²) in [4.78, 5) is 16.0. The summed E-state index contributed by atoms with van der Waals surface area (Å²) in [6.45, 7) is 6.30. The van der Waals surface area contributed by atoms with Gasteiger partial charge in [-0.2, -0.15) is 0 Å². The molecular weight excluding hydrogens is 274 g/mol. The number of carbonyl (C=O) groups excluding carboxylic acids is 1. The van der Waals surface area contributed by atoms with Gasteiger partial charge in [-0.1, -0.05) is 12.5 Å². The fourth-order valence-corrected chi connectivity index (χ4v) is 3.68. The summed E-state index contributed by atoms with van der Waals surface area (Å²) in [5.41, 5.74) is 9.28. The summed E-state index contributed by atoms with van der Waals surface area (Å²) in [7, 11) is 0. The first-order chi connectivity index (χ1) is 10.6. The van der Waals surface area contributed by atoms with Crippen molar-refractivity contribution in [2.24, 2.45) is 5.73 Å². The normalized spacial score (nSPS) is 19.4. The lowest BCUT2D eigenvalue weighted by atomic mass is 9.91. The molecule has 1 saturated carbocycles. The van der Waals surface area contributed by atoms with Crippen LogP contribution in [-0.2, 0) is 12.8 Å². The monoisotopic (exact) mass is 301 g/mol. The number of primary amides is 1. The zero-order valence-electron chi connectivity index (χ0n) is 13.7. The maximum absolute atomic E-state index is 11.7. The maximum atomic E-state index is 11.7. The Morgan fingerprint density at radius 1 is 1.23 bits per heavy atom. The van der Waals surface area contributed by atoms with Crippen molar-refractivity contribution in [3.05, 3.63) is 29.3 Å². The Labute approximate surface area is 133 Å². The molecule has 2 aliphatic rings. The Hall–Kier alpha value is -1.55. The van der Waals surface area contributed by atoms with Crippen molar-refractivity contribution >= 4 is 11.7 Å². The highest BCUT2D eigenvalue weighted by atomic mass is 16.2. The van der Waals surface area contributed by atoms with Crippen molar-refractivity contribution < 1.29 is 4.79 Å². The van der Waals surface area contributed by atoms with Crippen molar-refractivity contribution in [3.63, 3.8) is 0 Å². The Morgan fingerprint density at radius 2 is 1.91 bits per heavy atom. The Morgan fingerprint density at radius 3 is 2.45 bits per heavy atom. The Balaban J connectivity index is 1.79. The zero-order valence-corrected chi connectivity index (χ0v) is 13.7. The molecule has 0 saturated heterocycles. The number of hydrogen-bond acceptors (Lipinski definition) is 2. The summed E-state index contributed by atoms with van der Waals surface area (Å²) in [5.74, 6) is 0. The number of hydrogen-bond donors (Lipinski definition) is 1. The Kier molecular flexibility index (Phi) is 4.39. The third kappa shape index (κ3) is 2.98. The van der Waals surface area contributed by atoms with E-state index in [-0.39, 0.29) is 12.1 Å². The standard InChI is InChI=1S/C18H27N3O/c1-13(2)21(18(19)22)17-7-6-14-8-10-20(16-4-3-5-16)11-9-15(14)12-17/h6-7,12-13,16H,3-5,8-11H2,1-2H3,(H2,19,22). The molecule has 0 radical (unpaired) electrons. The van der Waals surface area contributed by atoms with Crippen molar-refractivity contribution in [2.75, 3.05) is 18.0 Å². The smallest absolute Gasteiger partial charge is 0.319 e. The molecule has 0 unspecified atom stereocenters. The van der Waals surface area contributed by atoms with Crippen LogP contribution in [0.2, 0.25) is 0 Å². The molecule has 22 heavy (non-hydrogen) atoms. The molecule has 1 aromatic carbocycles. The van der Waals surface area contributed by atoms with Crippen LogP contribution in [0.1, 0.15) is 44.2 Å². The van der Waals surface area contributed by atoms with Gasteiger partial charge in [0, 0.05) is 30.9 Å². The molecule has 0 spiro atoms. The number of anilines is 1. The van der Waals surface area contributed by atoms with Gasteiger partial charge in [-0.05, 0) is 62.8 Å². The minimum Gasteiger partial charge on any atom is -0.351 e. The van der Waals surface area contributed by atoms with E-state index in [4.69, 9.17) is 5.73 Å². The number of carbonyl (C=O) groups is 1. The van der Waals surface area contributed by atoms with Gasteiger partial charge in [0.15, 0.2) is 0 Å². The lowest BCUT2D eigenvalue weighted by molar-refractivity contribution is 0.133. The van der Waals surface area contributed by atoms with Crippen molar-refractivity contribution in [1.29, 1.82) is 0 Å². The van der Waals surface area contributed by atoms with Crippen molar-refractivity contribution in [3.8, 4) is 0 Å². The number of fused-ring (bicyclic) bond motifs is 1. The predicted octanol–water partition coefficient (Wildman–Crippen LogP) is 2.93. The van der Waals surface area contributed by atoms with Crippen LogP contribution in [0.25, 0.3) is 0 Å². The molecule has 1 aromatic rings. The van der Waals surface area contributed by atoms with E-state index in [1.54, 1.807) is 4.90 Å². The third-order valence-corrected chi connectivity index (χ3v) is 5.15. The minimum absolute atomic E-state index is 0.0767. The molecule has 120 valence electrons. The number of urea groups is 1. The molecule has 1 aliphatic heterocycles. The van der Waals surface area contributed by atoms with E-state index < -0.39 is 0 Å². The highest BCUT2D eigenvalue weighted by molar-refractivity contribution is 5.91. The lowest BCUT2D eigenvalue weighted by Crippen LogP contribution is -2.41. The Bertz CT molecular complexity index is 551. The second-order valence-electron chi connectivity index (χ2n) is 6.88. The van der Waals surface area contributed by atoms with Crippen molar-refractivity contribution in [2.45, 2.75) is 58.0 Å². The van der Waals surface area contributed by atoms with E-state index in [2.05, 4.69) is 17.0 Å². The van der Waals surface area contributed by atoms with Gasteiger partial charge in [0.05, 0.1) is 0 Å². The summed E-state index contributed by atoms with van der Waals surface area (Å²) in [5, 5.41) is 0. The second kappa shape index (κ2) is 6.29.